The lowest BCUT2D eigenvalue weighted by Crippen LogP contribution is -2.47. The summed E-state index contributed by atoms with van der Waals surface area (Å²) in [4.78, 5) is 76.2. The molecule has 2 amide bonds. The molecule has 2 aromatic heterocycles. The van der Waals surface area contributed by atoms with Gasteiger partial charge in [0.05, 0.1) is 18.9 Å². The van der Waals surface area contributed by atoms with Crippen LogP contribution in [-0.4, -0.2) is 84.2 Å². The van der Waals surface area contributed by atoms with Gasteiger partial charge in [0.1, 0.15) is 22.7 Å². The van der Waals surface area contributed by atoms with E-state index in [0.29, 0.717) is 61.6 Å². The Labute approximate surface area is 362 Å². The van der Waals surface area contributed by atoms with Gasteiger partial charge in [0.25, 0.3) is 11.8 Å². The van der Waals surface area contributed by atoms with Crippen LogP contribution in [0.1, 0.15) is 39.5 Å². The second kappa shape index (κ2) is 19.7. The summed E-state index contributed by atoms with van der Waals surface area (Å²) in [5.41, 5.74) is 3.17. The second-order valence-corrected chi connectivity index (χ2v) is 15.6. The zero-order valence-corrected chi connectivity index (χ0v) is 35.2. The molecule has 0 radical (unpaired) electrons. The predicted molar refractivity (Wildman–Crippen MR) is 234 cm³/mol. The van der Waals surface area contributed by atoms with E-state index in [1.165, 1.54) is 19.2 Å². The highest BCUT2D eigenvalue weighted by Crippen LogP contribution is 2.32. The third-order valence-electron chi connectivity index (χ3n) is 11.3. The Kier molecular flexibility index (Phi) is 13.7. The van der Waals surface area contributed by atoms with E-state index < -0.39 is 35.3 Å². The van der Waals surface area contributed by atoms with E-state index in [9.17, 15) is 33.9 Å². The summed E-state index contributed by atoms with van der Waals surface area (Å²) in [7, 11) is 1.36. The number of aliphatic carboxylic acids is 1. The molecule has 2 aliphatic heterocycles. The van der Waals surface area contributed by atoms with E-state index in [1.807, 2.05) is 66.7 Å². The Morgan fingerprint density at radius 2 is 1.05 bits per heavy atom. The lowest BCUT2D eigenvalue weighted by Gasteiger charge is -2.33. The van der Waals surface area contributed by atoms with Crippen LogP contribution in [-0.2, 0) is 23.9 Å². The monoisotopic (exact) mass is 856 g/mol. The van der Waals surface area contributed by atoms with E-state index >= 15 is 0 Å². The number of ether oxygens (including phenoxy) is 3. The molecule has 14 nitrogen and oxygen atoms in total. The average Bonchev–Trinajstić information content (AvgIpc) is 3.30. The standard InChI is InChI=1S/C25H25NO6.C24H23NO6/c1-16(24(28)26-12-6-9-18(15-26)25(29)30-2)31-19-10-11-20-21(17-7-4-3-5-8-17)14-23(27)32-22(20)13-19;1-15(23(27)25-11-5-8-17(14-25)24(28)29)30-18-9-10-19-20(16-6-3-2-4-7-16)13-22(26)31-21(19)12-18/h3-5,7-8,10-11,13-14,16,18H,6,9,12,15H2,1-2H3;2-4,6-7,9-10,12-13,15,17H,5,8,11,14H2,1H3,(H,28,29)/t16?,18-;15?,17-/m11/s1. The zero-order valence-electron chi connectivity index (χ0n) is 35.2. The molecule has 6 aromatic rings. The minimum atomic E-state index is -0.884. The molecule has 4 heterocycles. The van der Waals surface area contributed by atoms with Gasteiger partial charge in [-0.1, -0.05) is 60.7 Å². The quantitative estimate of drug-likeness (QED) is 0.108. The van der Waals surface area contributed by atoms with E-state index in [-0.39, 0.29) is 30.2 Å². The largest absolute Gasteiger partial charge is 0.481 e. The Bertz CT molecular complexity index is 2730. The Morgan fingerprint density at radius 3 is 1.48 bits per heavy atom. The molecule has 0 saturated carbocycles. The lowest BCUT2D eigenvalue weighted by molar-refractivity contribution is -0.151. The first kappa shape index (κ1) is 43.9. The van der Waals surface area contributed by atoms with Gasteiger partial charge in [0.2, 0.25) is 0 Å². The molecule has 8 rings (SSSR count). The topological polar surface area (TPSA) is 183 Å². The molecule has 2 saturated heterocycles. The number of esters is 1. The average molecular weight is 857 g/mol. The summed E-state index contributed by atoms with van der Waals surface area (Å²) >= 11 is 0. The highest BCUT2D eigenvalue weighted by Gasteiger charge is 2.33. The minimum Gasteiger partial charge on any atom is -0.481 e. The van der Waals surface area contributed by atoms with Crippen molar-refractivity contribution in [3.05, 3.63) is 130 Å². The summed E-state index contributed by atoms with van der Waals surface area (Å²) in [6, 6.07) is 32.4. The maximum atomic E-state index is 12.9. The molecular formula is C49H48N2O12. The van der Waals surface area contributed by atoms with Crippen LogP contribution < -0.4 is 20.7 Å². The van der Waals surface area contributed by atoms with Gasteiger partial charge in [-0.05, 0) is 86.1 Å². The predicted octanol–water partition coefficient (Wildman–Crippen LogP) is 7.19. The minimum absolute atomic E-state index is 0.189. The third kappa shape index (κ3) is 10.5. The van der Waals surface area contributed by atoms with Gasteiger partial charge in [0, 0.05) is 61.2 Å². The van der Waals surface area contributed by atoms with Crippen molar-refractivity contribution in [3.8, 4) is 33.8 Å². The van der Waals surface area contributed by atoms with Gasteiger partial charge in [-0.15, -0.1) is 0 Å². The fourth-order valence-electron chi connectivity index (χ4n) is 8.08. The Hall–Kier alpha value is -7.22. The van der Waals surface area contributed by atoms with Gasteiger partial charge >= 0.3 is 23.2 Å². The number of carbonyl (C=O) groups excluding carboxylic acids is 3. The van der Waals surface area contributed by atoms with Crippen LogP contribution in [0.5, 0.6) is 11.5 Å². The lowest BCUT2D eigenvalue weighted by atomic mass is 9.98. The van der Waals surface area contributed by atoms with Crippen LogP contribution in [0, 0.1) is 11.8 Å². The molecule has 1 N–H and O–H groups in total. The number of methoxy groups -OCH3 is 1. The first-order valence-electron chi connectivity index (χ1n) is 20.9. The van der Waals surface area contributed by atoms with E-state index in [2.05, 4.69) is 0 Å². The molecule has 2 fully saturated rings. The first-order valence-corrected chi connectivity index (χ1v) is 20.9. The molecular weight excluding hydrogens is 809 g/mol. The summed E-state index contributed by atoms with van der Waals surface area (Å²) in [6.45, 7) is 4.91. The zero-order chi connectivity index (χ0) is 44.6. The molecule has 0 spiro atoms. The van der Waals surface area contributed by atoms with E-state index in [4.69, 9.17) is 23.0 Å². The van der Waals surface area contributed by atoms with Gasteiger partial charge in [-0.25, -0.2) is 9.59 Å². The fraction of sp³-hybridized carbons (Fsp3) is 0.306. The van der Waals surface area contributed by atoms with Crippen LogP contribution in [0.3, 0.4) is 0 Å². The molecule has 14 heteroatoms. The normalized spacial score (nSPS) is 17.2. The SMILES string of the molecule is CC(Oc1ccc2c(-c3ccccc3)cc(=O)oc2c1)C(=O)N1CCC[C@@H](C(=O)O)C1.COC(=O)[C@@H]1CCCN(C(=O)C(C)Oc2ccc3c(-c4ccccc4)cc(=O)oc3c2)C1. The molecule has 2 unspecified atom stereocenters. The number of hydrogen-bond acceptors (Lipinski definition) is 11. The van der Waals surface area contributed by atoms with Gasteiger partial charge in [0.15, 0.2) is 12.2 Å². The smallest absolute Gasteiger partial charge is 0.336 e. The number of carboxylic acids is 1. The third-order valence-corrected chi connectivity index (χ3v) is 11.3. The van der Waals surface area contributed by atoms with Crippen LogP contribution in [0.2, 0.25) is 0 Å². The molecule has 0 bridgehead atoms. The highest BCUT2D eigenvalue weighted by atomic mass is 16.5. The van der Waals surface area contributed by atoms with Crippen molar-refractivity contribution < 1.29 is 47.3 Å². The molecule has 4 aromatic carbocycles. The van der Waals surface area contributed by atoms with Crippen LogP contribution in [0.15, 0.2) is 128 Å². The number of carboxylic acid groups (broad SMARTS) is 1. The Balaban J connectivity index is 0.000000189. The number of likely N-dealkylation sites (tertiary alicyclic amines) is 2. The number of hydrogen-bond donors (Lipinski definition) is 1. The molecule has 63 heavy (non-hydrogen) atoms. The highest BCUT2D eigenvalue weighted by molar-refractivity contribution is 5.95. The van der Waals surface area contributed by atoms with Crippen molar-refractivity contribution in [1.29, 1.82) is 0 Å². The van der Waals surface area contributed by atoms with Crippen LogP contribution in [0.25, 0.3) is 44.2 Å². The molecule has 2 aliphatic rings. The van der Waals surface area contributed by atoms with Gasteiger partial charge in [-0.2, -0.15) is 0 Å². The van der Waals surface area contributed by atoms with Crippen molar-refractivity contribution in [1.82, 2.24) is 9.80 Å². The van der Waals surface area contributed by atoms with Gasteiger partial charge in [-0.3, -0.25) is 19.2 Å². The maximum Gasteiger partial charge on any atom is 0.336 e. The van der Waals surface area contributed by atoms with Gasteiger partial charge < -0.3 is 38.0 Å². The number of amides is 2. The summed E-state index contributed by atoms with van der Waals surface area (Å²) in [5, 5.41) is 10.8. The second-order valence-electron chi connectivity index (χ2n) is 15.6. The summed E-state index contributed by atoms with van der Waals surface area (Å²) in [6.07, 6.45) is 1.11. The number of nitrogens with zero attached hydrogens (tertiary/aromatic N) is 2. The number of carbonyl (C=O) groups is 4. The van der Waals surface area contributed by atoms with Crippen molar-refractivity contribution in [2.24, 2.45) is 11.8 Å². The first-order chi connectivity index (χ1) is 30.4. The maximum absolute atomic E-state index is 12.9. The Morgan fingerprint density at radius 1 is 0.619 bits per heavy atom. The summed E-state index contributed by atoms with van der Waals surface area (Å²) < 4.78 is 27.3. The fourth-order valence-corrected chi connectivity index (χ4v) is 8.08. The molecule has 0 aliphatic carbocycles. The number of benzene rings is 4. The van der Waals surface area contributed by atoms with Crippen LogP contribution in [0.4, 0.5) is 0 Å². The van der Waals surface area contributed by atoms with E-state index in [0.717, 1.165) is 39.4 Å². The summed E-state index contributed by atoms with van der Waals surface area (Å²) in [5.74, 6) is -1.67. The number of rotatable bonds is 10. The van der Waals surface area contributed by atoms with E-state index in [1.54, 1.807) is 54.0 Å². The van der Waals surface area contributed by atoms with Crippen molar-refractivity contribution in [2.75, 3.05) is 33.3 Å². The molecule has 4 atom stereocenters. The van der Waals surface area contributed by atoms with Crippen LogP contribution >= 0.6 is 0 Å². The number of fused-ring (bicyclic) bond motifs is 2. The molecule has 326 valence electrons. The number of piperidine rings is 2. The van der Waals surface area contributed by atoms with Crippen molar-refractivity contribution in [2.45, 2.75) is 51.7 Å². The van der Waals surface area contributed by atoms with Crippen molar-refractivity contribution in [3.63, 3.8) is 0 Å². The van der Waals surface area contributed by atoms with Crippen molar-refractivity contribution >= 4 is 45.7 Å².